The van der Waals surface area contributed by atoms with E-state index in [9.17, 15) is 18.0 Å². The van der Waals surface area contributed by atoms with Gasteiger partial charge in [0, 0.05) is 11.2 Å². The number of nitrogens with zero attached hydrogens (tertiary/aromatic N) is 1. The lowest BCUT2D eigenvalue weighted by atomic mass is 10.1. The van der Waals surface area contributed by atoms with Crippen LogP contribution in [0.2, 0.25) is 0 Å². The molecule has 20 heavy (non-hydrogen) atoms. The number of alkyl halides is 3. The number of urea groups is 1. The van der Waals surface area contributed by atoms with Crippen LogP contribution in [0, 0.1) is 11.3 Å². The van der Waals surface area contributed by atoms with Crippen LogP contribution in [0.5, 0.6) is 0 Å². The van der Waals surface area contributed by atoms with Crippen molar-refractivity contribution in [3.63, 3.8) is 0 Å². The van der Waals surface area contributed by atoms with Gasteiger partial charge >= 0.3 is 12.2 Å². The molecule has 0 atom stereocenters. The third-order valence-corrected chi connectivity index (χ3v) is 2.19. The quantitative estimate of drug-likeness (QED) is 0.829. The molecule has 0 unspecified atom stereocenters. The van der Waals surface area contributed by atoms with Crippen LogP contribution in [-0.4, -0.2) is 11.6 Å². The summed E-state index contributed by atoms with van der Waals surface area (Å²) in [6.07, 6.45) is -4.65. The maximum absolute atomic E-state index is 12.7. The molecule has 0 radical (unpaired) electrons. The molecular weight excluding hydrogens is 271 g/mol. The van der Waals surface area contributed by atoms with E-state index >= 15 is 0 Å². The first-order chi connectivity index (χ1) is 9.03. The van der Waals surface area contributed by atoms with Crippen LogP contribution in [0.3, 0.4) is 0 Å². The monoisotopic (exact) mass is 285 g/mol. The predicted octanol–water partition coefficient (Wildman–Crippen LogP) is 3.50. The van der Waals surface area contributed by atoms with Crippen molar-refractivity contribution in [1.29, 1.82) is 5.26 Å². The normalized spacial score (nSPS) is 11.7. The van der Waals surface area contributed by atoms with Crippen LogP contribution < -0.4 is 10.6 Å². The number of rotatable bonds is 1. The number of amides is 2. The Morgan fingerprint density at radius 3 is 2.30 bits per heavy atom. The Balaban J connectivity index is 3.00. The van der Waals surface area contributed by atoms with Crippen LogP contribution in [0.15, 0.2) is 18.2 Å². The van der Waals surface area contributed by atoms with E-state index in [1.165, 1.54) is 12.1 Å². The number of hydrogen-bond acceptors (Lipinski definition) is 2. The van der Waals surface area contributed by atoms with E-state index in [-0.39, 0.29) is 5.69 Å². The molecule has 0 aromatic heterocycles. The van der Waals surface area contributed by atoms with Crippen molar-refractivity contribution in [2.45, 2.75) is 32.5 Å². The molecule has 0 aliphatic heterocycles. The zero-order chi connectivity index (χ0) is 15.6. The molecule has 1 rings (SSSR count). The van der Waals surface area contributed by atoms with E-state index in [1.807, 2.05) is 0 Å². The van der Waals surface area contributed by atoms with Crippen molar-refractivity contribution in [2.75, 3.05) is 5.32 Å². The van der Waals surface area contributed by atoms with Crippen molar-refractivity contribution in [3.05, 3.63) is 29.3 Å². The molecule has 2 amide bonds. The van der Waals surface area contributed by atoms with Crippen LogP contribution >= 0.6 is 0 Å². The van der Waals surface area contributed by atoms with Crippen LogP contribution in [0.1, 0.15) is 31.9 Å². The predicted molar refractivity (Wildman–Crippen MR) is 68.1 cm³/mol. The average molecular weight is 285 g/mol. The zero-order valence-electron chi connectivity index (χ0n) is 11.2. The van der Waals surface area contributed by atoms with Crippen molar-refractivity contribution < 1.29 is 18.0 Å². The third-order valence-electron chi connectivity index (χ3n) is 2.19. The Morgan fingerprint density at radius 2 is 1.85 bits per heavy atom. The molecule has 0 aliphatic carbocycles. The molecule has 2 N–H and O–H groups in total. The molecule has 1 aromatic carbocycles. The molecule has 108 valence electrons. The molecule has 0 bridgehead atoms. The lowest BCUT2D eigenvalue weighted by molar-refractivity contribution is -0.137. The number of hydrogen-bond donors (Lipinski definition) is 2. The minimum absolute atomic E-state index is 0.0296. The summed E-state index contributed by atoms with van der Waals surface area (Å²) in [6, 6.07) is 3.86. The average Bonchev–Trinajstić information content (AvgIpc) is 2.25. The highest BCUT2D eigenvalue weighted by Crippen LogP contribution is 2.33. The highest BCUT2D eigenvalue weighted by atomic mass is 19.4. The fraction of sp³-hybridized carbons (Fsp3) is 0.385. The van der Waals surface area contributed by atoms with E-state index < -0.39 is 28.9 Å². The van der Waals surface area contributed by atoms with Gasteiger partial charge in [-0.05, 0) is 39.0 Å². The first-order valence-corrected chi connectivity index (χ1v) is 5.73. The second kappa shape index (κ2) is 5.41. The standard InChI is InChI=1S/C13H14F3N3O/c1-12(2,3)19-11(20)18-9-5-4-8(7-17)10(6-9)13(14,15)16/h4-6H,1-3H3,(H2,18,19,20). The lowest BCUT2D eigenvalue weighted by Gasteiger charge is -2.21. The summed E-state index contributed by atoms with van der Waals surface area (Å²) in [6.45, 7) is 5.23. The summed E-state index contributed by atoms with van der Waals surface area (Å²) in [4.78, 5) is 11.6. The van der Waals surface area contributed by atoms with Gasteiger partial charge in [-0.15, -0.1) is 0 Å². The molecule has 0 spiro atoms. The van der Waals surface area contributed by atoms with Gasteiger partial charge in [-0.25, -0.2) is 4.79 Å². The Bertz CT molecular complexity index is 553. The molecule has 0 fully saturated rings. The molecule has 0 heterocycles. The molecule has 7 heteroatoms. The zero-order valence-corrected chi connectivity index (χ0v) is 11.2. The highest BCUT2D eigenvalue weighted by molar-refractivity contribution is 5.89. The maximum atomic E-state index is 12.7. The van der Waals surface area contributed by atoms with E-state index in [0.717, 1.165) is 12.1 Å². The lowest BCUT2D eigenvalue weighted by Crippen LogP contribution is -2.43. The van der Waals surface area contributed by atoms with Crippen molar-refractivity contribution in [2.24, 2.45) is 0 Å². The number of anilines is 1. The fourth-order valence-corrected chi connectivity index (χ4v) is 1.46. The Labute approximate surface area is 114 Å². The van der Waals surface area contributed by atoms with E-state index in [4.69, 9.17) is 5.26 Å². The van der Waals surface area contributed by atoms with Crippen LogP contribution in [0.4, 0.5) is 23.7 Å². The topological polar surface area (TPSA) is 64.9 Å². The number of nitrogens with one attached hydrogen (secondary N) is 2. The minimum Gasteiger partial charge on any atom is -0.333 e. The van der Waals surface area contributed by atoms with Crippen molar-refractivity contribution in [1.82, 2.24) is 5.32 Å². The van der Waals surface area contributed by atoms with Gasteiger partial charge in [-0.3, -0.25) is 0 Å². The highest BCUT2D eigenvalue weighted by Gasteiger charge is 2.34. The molecular formula is C13H14F3N3O. The SMILES string of the molecule is CC(C)(C)NC(=O)Nc1ccc(C#N)c(C(F)(F)F)c1. The van der Waals surface area contributed by atoms with Gasteiger partial charge in [-0.1, -0.05) is 0 Å². The minimum atomic E-state index is -4.65. The molecule has 0 saturated carbocycles. The Morgan fingerprint density at radius 1 is 1.25 bits per heavy atom. The number of benzene rings is 1. The summed E-state index contributed by atoms with van der Waals surface area (Å²) in [5.74, 6) is 0. The number of carbonyl (C=O) groups excluding carboxylic acids is 1. The van der Waals surface area contributed by atoms with Crippen LogP contribution in [-0.2, 0) is 6.18 Å². The summed E-state index contributed by atoms with van der Waals surface area (Å²) in [5.41, 5.74) is -2.10. The molecule has 4 nitrogen and oxygen atoms in total. The van der Waals surface area contributed by atoms with E-state index in [1.54, 1.807) is 20.8 Å². The van der Waals surface area contributed by atoms with Gasteiger partial charge in [0.05, 0.1) is 17.2 Å². The van der Waals surface area contributed by atoms with E-state index in [2.05, 4.69) is 10.6 Å². The summed E-state index contributed by atoms with van der Waals surface area (Å²) >= 11 is 0. The fourth-order valence-electron chi connectivity index (χ4n) is 1.46. The molecule has 1 aromatic rings. The van der Waals surface area contributed by atoms with Crippen molar-refractivity contribution in [3.8, 4) is 6.07 Å². The van der Waals surface area contributed by atoms with Crippen molar-refractivity contribution >= 4 is 11.7 Å². The van der Waals surface area contributed by atoms with Gasteiger partial charge in [0.2, 0.25) is 0 Å². The second-order valence-corrected chi connectivity index (χ2v) is 5.20. The summed E-state index contributed by atoms with van der Waals surface area (Å²) in [5, 5.41) is 13.5. The van der Waals surface area contributed by atoms with Gasteiger partial charge in [0.25, 0.3) is 0 Å². The van der Waals surface area contributed by atoms with Gasteiger partial charge in [0.15, 0.2) is 0 Å². The smallest absolute Gasteiger partial charge is 0.333 e. The summed E-state index contributed by atoms with van der Waals surface area (Å²) in [7, 11) is 0. The number of halogens is 3. The Hall–Kier alpha value is -2.23. The number of carbonyl (C=O) groups is 1. The third kappa shape index (κ3) is 4.46. The Kier molecular flexibility index (Phi) is 4.28. The summed E-state index contributed by atoms with van der Waals surface area (Å²) < 4.78 is 38.2. The molecule has 0 aliphatic rings. The largest absolute Gasteiger partial charge is 0.417 e. The van der Waals surface area contributed by atoms with Crippen LogP contribution in [0.25, 0.3) is 0 Å². The maximum Gasteiger partial charge on any atom is 0.417 e. The number of nitriles is 1. The van der Waals surface area contributed by atoms with Gasteiger partial charge < -0.3 is 10.6 Å². The molecule has 0 saturated heterocycles. The second-order valence-electron chi connectivity index (χ2n) is 5.20. The van der Waals surface area contributed by atoms with Gasteiger partial charge in [-0.2, -0.15) is 18.4 Å². The first kappa shape index (κ1) is 15.8. The van der Waals surface area contributed by atoms with Gasteiger partial charge in [0.1, 0.15) is 0 Å². The first-order valence-electron chi connectivity index (χ1n) is 5.73. The van der Waals surface area contributed by atoms with E-state index in [0.29, 0.717) is 0 Å².